The summed E-state index contributed by atoms with van der Waals surface area (Å²) in [6, 6.07) is 3.41. The van der Waals surface area contributed by atoms with Gasteiger partial charge in [0, 0.05) is 68.6 Å². The summed E-state index contributed by atoms with van der Waals surface area (Å²) in [5.74, 6) is -7.41. The van der Waals surface area contributed by atoms with Gasteiger partial charge < -0.3 is 81.1 Å². The standard InChI is InChI=1S/C49H72FN17O8/c1-27(52)33-13-6-20-57-41(69)17-16-37(64-42(70)35(61-28(2)68)14-7-21-58-48(53)54)44(72)65-38(18-19-51)45(73)66-39(24-29-9-5-10-31(50)23-29)46(74)63-36(15-8-22-59-49(55)56)43(71)67-40(47(75)62-33)25-30-26-60-34-12-4-3-11-32(30)34/h3-5,9-12,23,26,33,35-40,60H,1,6-8,13-22,24-25,51-52H2,2H3,(H,57,69)(H,61,68)(H,62,75)(H,63,74)(H,64,70)(H,65,72)(H,66,73)(H,67,71)(H4,53,54,58)(H4,55,56,59)/t33-,35-,36-,37-,38-,39+,40-/m0/s1. The Kier molecular flexibility index (Phi) is 23.7. The third-order valence-corrected chi connectivity index (χ3v) is 12.1. The second-order valence-corrected chi connectivity index (χ2v) is 18.2. The van der Waals surface area contributed by atoms with E-state index in [9.17, 15) is 42.7 Å². The van der Waals surface area contributed by atoms with Crippen molar-refractivity contribution in [2.45, 2.75) is 120 Å². The molecule has 0 bridgehead atoms. The van der Waals surface area contributed by atoms with E-state index in [1.807, 2.05) is 24.3 Å². The average molecular weight is 1050 g/mol. The molecule has 26 heteroatoms. The number of fused-ring (bicyclic) bond motifs is 1. The van der Waals surface area contributed by atoms with Gasteiger partial charge in [0.2, 0.25) is 47.3 Å². The van der Waals surface area contributed by atoms with E-state index in [0.717, 1.165) is 17.0 Å². The van der Waals surface area contributed by atoms with Crippen molar-refractivity contribution in [2.24, 2.45) is 22.9 Å². The number of rotatable bonds is 18. The summed E-state index contributed by atoms with van der Waals surface area (Å²) >= 11 is 0. The molecule has 408 valence electrons. The predicted octanol–water partition coefficient (Wildman–Crippen LogP) is -2.46. The van der Waals surface area contributed by atoms with Gasteiger partial charge >= 0.3 is 0 Å². The topological polar surface area (TPSA) is 424 Å². The number of para-hydroxylation sites is 1. The molecule has 25 nitrogen and oxygen atoms in total. The van der Waals surface area contributed by atoms with Crippen molar-refractivity contribution >= 4 is 70.1 Å². The van der Waals surface area contributed by atoms with E-state index in [-0.39, 0.29) is 120 Å². The van der Waals surface area contributed by atoms with Crippen LogP contribution in [0, 0.1) is 16.6 Å². The number of nitrogens with one attached hydrogen (secondary N) is 13. The molecule has 3 aromatic rings. The summed E-state index contributed by atoms with van der Waals surface area (Å²) in [5, 5.41) is 42.5. The molecule has 4 rings (SSSR count). The normalized spacial score (nSPS) is 21.1. The molecule has 0 spiro atoms. The van der Waals surface area contributed by atoms with Gasteiger partial charge in [-0.25, -0.2) is 4.39 Å². The molecule has 8 amide bonds. The van der Waals surface area contributed by atoms with Gasteiger partial charge in [0.1, 0.15) is 42.1 Å². The summed E-state index contributed by atoms with van der Waals surface area (Å²) in [5.41, 5.74) is 24.8. The molecule has 0 radical (unpaired) electrons. The van der Waals surface area contributed by atoms with E-state index >= 15 is 0 Å². The molecule has 1 aromatic heterocycles. The van der Waals surface area contributed by atoms with Crippen LogP contribution < -0.4 is 76.1 Å². The minimum atomic E-state index is -1.54. The van der Waals surface area contributed by atoms with Crippen LogP contribution in [-0.4, -0.2) is 133 Å². The number of benzene rings is 2. The first-order chi connectivity index (χ1) is 35.7. The van der Waals surface area contributed by atoms with Crippen LogP contribution in [-0.2, 0) is 51.2 Å². The Bertz CT molecular complexity index is 2520. The van der Waals surface area contributed by atoms with Gasteiger partial charge in [0.25, 0.3) is 0 Å². The highest BCUT2D eigenvalue weighted by molar-refractivity contribution is 5.97. The zero-order valence-electron chi connectivity index (χ0n) is 42.0. The largest absolute Gasteiger partial charge is 0.401 e. The van der Waals surface area contributed by atoms with E-state index in [1.165, 1.54) is 25.1 Å². The maximum atomic E-state index is 14.6. The second-order valence-electron chi connectivity index (χ2n) is 18.2. The van der Waals surface area contributed by atoms with Gasteiger partial charge in [-0.1, -0.05) is 36.9 Å². The minimum absolute atomic E-state index is 0.0333. The smallest absolute Gasteiger partial charge is 0.243 e. The molecular weight excluding hydrogens is 974 g/mol. The highest BCUT2D eigenvalue weighted by Gasteiger charge is 2.34. The summed E-state index contributed by atoms with van der Waals surface area (Å²) in [4.78, 5) is 114. The third-order valence-electron chi connectivity index (χ3n) is 12.1. The molecule has 0 aliphatic carbocycles. The van der Waals surface area contributed by atoms with Gasteiger partial charge in [0.15, 0.2) is 11.9 Å². The monoisotopic (exact) mass is 1050 g/mol. The second kappa shape index (κ2) is 30.0. The number of H-pyrrole nitrogens is 1. The lowest BCUT2D eigenvalue weighted by Crippen LogP contribution is -2.60. The number of carbonyl (C=O) groups is 8. The number of carbonyl (C=O) groups excluding carboxylic acids is 8. The lowest BCUT2D eigenvalue weighted by molar-refractivity contribution is -0.135. The molecule has 75 heavy (non-hydrogen) atoms. The van der Waals surface area contributed by atoms with E-state index in [4.69, 9.17) is 33.8 Å². The Hall–Kier alpha value is -8.29. The van der Waals surface area contributed by atoms with Gasteiger partial charge in [-0.2, -0.15) is 0 Å². The Balaban J connectivity index is 1.76. The maximum absolute atomic E-state index is 14.6. The zero-order valence-corrected chi connectivity index (χ0v) is 42.0. The highest BCUT2D eigenvalue weighted by Crippen LogP contribution is 2.20. The van der Waals surface area contributed by atoms with Gasteiger partial charge in [-0.05, 0) is 87.2 Å². The van der Waals surface area contributed by atoms with E-state index in [2.05, 4.69) is 64.7 Å². The van der Waals surface area contributed by atoms with Crippen molar-refractivity contribution in [1.29, 1.82) is 10.8 Å². The van der Waals surface area contributed by atoms with E-state index in [0.29, 0.717) is 5.56 Å². The predicted molar refractivity (Wildman–Crippen MR) is 278 cm³/mol. The number of hydrogen-bond acceptors (Lipinski definition) is 12. The van der Waals surface area contributed by atoms with Crippen molar-refractivity contribution in [3.05, 3.63) is 83.9 Å². The van der Waals surface area contributed by atoms with E-state index < -0.39 is 95.4 Å². The number of nitrogens with two attached hydrogens (primary N) is 4. The zero-order chi connectivity index (χ0) is 55.0. The quantitative estimate of drug-likeness (QED) is 0.0357. The third kappa shape index (κ3) is 20.3. The Morgan fingerprint density at radius 1 is 0.773 bits per heavy atom. The van der Waals surface area contributed by atoms with Crippen molar-refractivity contribution in [3.8, 4) is 0 Å². The summed E-state index contributed by atoms with van der Waals surface area (Å²) < 4.78 is 14.6. The molecule has 21 N–H and O–H groups in total. The fourth-order valence-electron chi connectivity index (χ4n) is 8.27. The molecule has 1 aliphatic rings. The molecule has 0 unspecified atom stereocenters. The van der Waals surface area contributed by atoms with E-state index in [1.54, 1.807) is 6.20 Å². The van der Waals surface area contributed by atoms with Crippen LogP contribution in [0.4, 0.5) is 4.39 Å². The molecule has 1 fully saturated rings. The summed E-state index contributed by atoms with van der Waals surface area (Å²) in [6.07, 6.45) is 1.37. The Labute approximate surface area is 433 Å². The molecule has 1 aliphatic heterocycles. The van der Waals surface area contributed by atoms with Crippen LogP contribution in [0.15, 0.2) is 67.0 Å². The van der Waals surface area contributed by atoms with Crippen molar-refractivity contribution in [2.75, 3.05) is 26.2 Å². The van der Waals surface area contributed by atoms with Crippen LogP contribution in [0.1, 0.15) is 75.8 Å². The fraction of sp³-hybridized carbons (Fsp3) is 0.469. The summed E-state index contributed by atoms with van der Waals surface area (Å²) in [7, 11) is 0. The number of guanidine groups is 2. The van der Waals surface area contributed by atoms with Crippen molar-refractivity contribution in [3.63, 3.8) is 0 Å². The molecule has 0 saturated carbocycles. The maximum Gasteiger partial charge on any atom is 0.243 e. The lowest BCUT2D eigenvalue weighted by Gasteiger charge is -2.28. The average Bonchev–Trinajstić information content (AvgIpc) is 3.76. The molecule has 7 atom stereocenters. The van der Waals surface area contributed by atoms with Crippen LogP contribution >= 0.6 is 0 Å². The number of aromatic amines is 1. The van der Waals surface area contributed by atoms with Crippen LogP contribution in [0.3, 0.4) is 0 Å². The molecular formula is C49H72FN17O8. The minimum Gasteiger partial charge on any atom is -0.401 e. The first-order valence-corrected chi connectivity index (χ1v) is 24.7. The first-order valence-electron chi connectivity index (χ1n) is 24.7. The molecule has 2 heterocycles. The lowest BCUT2D eigenvalue weighted by atomic mass is 10.0. The Morgan fingerprint density at radius 3 is 2.04 bits per heavy atom. The first kappa shape index (κ1) is 59.3. The Morgan fingerprint density at radius 2 is 1.39 bits per heavy atom. The van der Waals surface area contributed by atoms with Crippen LogP contribution in [0.2, 0.25) is 0 Å². The van der Waals surface area contributed by atoms with Gasteiger partial charge in [0.05, 0.1) is 6.04 Å². The number of aromatic nitrogens is 1. The van der Waals surface area contributed by atoms with Gasteiger partial charge in [-0.3, -0.25) is 49.2 Å². The number of amides is 8. The van der Waals surface area contributed by atoms with Crippen LogP contribution in [0.5, 0.6) is 0 Å². The van der Waals surface area contributed by atoms with Crippen molar-refractivity contribution < 1.29 is 42.7 Å². The SMILES string of the molecule is C=C(N)[C@@H]1CCCNC(=O)CC[C@H](NC(=O)[C@H](CCCNC(=N)N)NC(C)=O)C(=O)N[C@@H](CCN)C(=O)N[C@H](Cc2cccc(F)c2)C(=O)N[C@@H](CCCNC(=N)N)C(=O)N[C@@H](Cc2c[nH]c3ccccc23)C(=O)N1. The molecule has 2 aromatic carbocycles. The van der Waals surface area contributed by atoms with Crippen molar-refractivity contribution in [1.82, 2.24) is 58.2 Å². The number of halogens is 1. The fourth-order valence-corrected chi connectivity index (χ4v) is 8.27. The van der Waals surface area contributed by atoms with Crippen LogP contribution in [0.25, 0.3) is 10.9 Å². The number of hydrogen-bond donors (Lipinski definition) is 17. The van der Waals surface area contributed by atoms with Gasteiger partial charge in [-0.15, -0.1) is 0 Å². The highest BCUT2D eigenvalue weighted by atomic mass is 19.1. The summed E-state index contributed by atoms with van der Waals surface area (Å²) in [6.45, 7) is 5.24. The molecule has 1 saturated heterocycles.